The summed E-state index contributed by atoms with van der Waals surface area (Å²) in [5.41, 5.74) is 11.7. The number of fused-ring (bicyclic) bond motifs is 6. The molecule has 0 saturated carbocycles. The van der Waals surface area contributed by atoms with Crippen molar-refractivity contribution in [1.82, 2.24) is 4.57 Å². The van der Waals surface area contributed by atoms with Gasteiger partial charge < -0.3 is 4.57 Å². The van der Waals surface area contributed by atoms with Gasteiger partial charge in [0.1, 0.15) is 0 Å². The van der Waals surface area contributed by atoms with E-state index in [0.717, 1.165) is 10.4 Å². The van der Waals surface area contributed by atoms with E-state index in [1.807, 2.05) is 0 Å². The Labute approximate surface area is 174 Å². The zero-order chi connectivity index (χ0) is 19.5. The van der Waals surface area contributed by atoms with Gasteiger partial charge in [-0.1, -0.05) is 80.0 Å². The second-order valence-electron chi connectivity index (χ2n) is 8.73. The smallest absolute Gasteiger partial charge is 0.0638 e. The lowest BCUT2D eigenvalue weighted by atomic mass is 9.81. The van der Waals surface area contributed by atoms with Crippen molar-refractivity contribution >= 4 is 33.4 Å². The predicted molar refractivity (Wildman–Crippen MR) is 122 cm³/mol. The monoisotopic (exact) mass is 391 g/mol. The predicted octanol–water partition coefficient (Wildman–Crippen LogP) is 7.72. The van der Waals surface area contributed by atoms with E-state index in [-0.39, 0.29) is 5.41 Å². The largest absolute Gasteiger partial charge is 0.308 e. The van der Waals surface area contributed by atoms with Gasteiger partial charge in [0.05, 0.1) is 21.7 Å². The van der Waals surface area contributed by atoms with Gasteiger partial charge in [0, 0.05) is 27.3 Å². The van der Waals surface area contributed by atoms with Gasteiger partial charge in [0.25, 0.3) is 0 Å². The van der Waals surface area contributed by atoms with E-state index in [1.54, 1.807) is 0 Å². The first-order valence-corrected chi connectivity index (χ1v) is 10.5. The zero-order valence-electron chi connectivity index (χ0n) is 16.3. The van der Waals surface area contributed by atoms with Crippen molar-refractivity contribution in [3.8, 4) is 27.9 Å². The minimum Gasteiger partial charge on any atom is -0.308 e. The Kier molecular flexibility index (Phi) is 2.69. The standard InChI is InChI=1S/C27H18ClN/c1-27(2)18-11-7-10-16-15-8-3-5-12-21(15)29-22-13-6-4-9-17(22)24-20(28)14-19(27)25(23(16)18)26(24)29/h3-14H,1-2H3. The number of hydrogen-bond donors (Lipinski definition) is 0. The molecule has 0 N–H and O–H groups in total. The molecular weight excluding hydrogens is 374 g/mol. The minimum atomic E-state index is -0.0773. The molecule has 0 amide bonds. The molecule has 1 nitrogen and oxygen atoms in total. The molecule has 0 radical (unpaired) electrons. The first-order chi connectivity index (χ1) is 14.1. The van der Waals surface area contributed by atoms with Crippen LogP contribution < -0.4 is 0 Å². The Bertz CT molecular complexity index is 1530. The highest BCUT2D eigenvalue weighted by atomic mass is 35.5. The summed E-state index contributed by atoms with van der Waals surface area (Å²) in [5.74, 6) is 0. The average molecular weight is 392 g/mol. The van der Waals surface area contributed by atoms with E-state index in [0.29, 0.717) is 0 Å². The summed E-state index contributed by atoms with van der Waals surface area (Å²) >= 11 is 6.99. The average Bonchev–Trinajstić information content (AvgIpc) is 3.14. The highest BCUT2D eigenvalue weighted by Crippen LogP contribution is 2.58. The fourth-order valence-corrected chi connectivity index (χ4v) is 6.02. The molecule has 0 unspecified atom stereocenters. The maximum absolute atomic E-state index is 6.99. The molecule has 2 aliphatic rings. The van der Waals surface area contributed by atoms with Crippen molar-refractivity contribution in [2.75, 3.05) is 0 Å². The summed E-state index contributed by atoms with van der Waals surface area (Å²) < 4.78 is 2.44. The molecule has 1 aromatic heterocycles. The lowest BCUT2D eigenvalue weighted by molar-refractivity contribution is 0.661. The van der Waals surface area contributed by atoms with Crippen LogP contribution in [0.25, 0.3) is 49.7 Å². The van der Waals surface area contributed by atoms with E-state index >= 15 is 0 Å². The third-order valence-corrected chi connectivity index (χ3v) is 7.29. The molecule has 0 saturated heterocycles. The zero-order valence-corrected chi connectivity index (χ0v) is 17.0. The molecular formula is C27H18ClN. The summed E-state index contributed by atoms with van der Waals surface area (Å²) in [6.45, 7) is 4.65. The maximum atomic E-state index is 6.99. The van der Waals surface area contributed by atoms with Gasteiger partial charge in [-0.25, -0.2) is 0 Å². The molecule has 1 aliphatic heterocycles. The van der Waals surface area contributed by atoms with Crippen molar-refractivity contribution in [2.24, 2.45) is 0 Å². The Balaban J connectivity index is 1.90. The molecule has 2 heteroatoms. The van der Waals surface area contributed by atoms with Crippen LogP contribution in [-0.4, -0.2) is 4.57 Å². The molecule has 29 heavy (non-hydrogen) atoms. The number of nitrogens with zero attached hydrogens (tertiary/aromatic N) is 1. The second-order valence-corrected chi connectivity index (χ2v) is 9.13. The normalized spacial score (nSPS) is 15.0. The van der Waals surface area contributed by atoms with Crippen LogP contribution in [0.3, 0.4) is 0 Å². The van der Waals surface area contributed by atoms with Crippen molar-refractivity contribution in [3.05, 3.63) is 88.9 Å². The van der Waals surface area contributed by atoms with Crippen molar-refractivity contribution in [1.29, 1.82) is 0 Å². The van der Waals surface area contributed by atoms with E-state index in [1.165, 1.54) is 55.5 Å². The molecule has 7 rings (SSSR count). The second kappa shape index (κ2) is 4.93. The molecule has 0 bridgehead atoms. The Morgan fingerprint density at radius 2 is 1.52 bits per heavy atom. The third-order valence-electron chi connectivity index (χ3n) is 6.99. The van der Waals surface area contributed by atoms with Gasteiger partial charge in [-0.3, -0.25) is 0 Å². The molecule has 138 valence electrons. The molecule has 0 atom stereocenters. The fraction of sp³-hybridized carbons (Fsp3) is 0.111. The van der Waals surface area contributed by atoms with E-state index in [2.05, 4.69) is 91.2 Å². The van der Waals surface area contributed by atoms with E-state index in [9.17, 15) is 0 Å². The number of para-hydroxylation sites is 2. The molecule has 0 fully saturated rings. The lowest BCUT2D eigenvalue weighted by Gasteiger charge is -2.23. The fourth-order valence-electron chi connectivity index (χ4n) is 5.72. The van der Waals surface area contributed by atoms with Crippen molar-refractivity contribution in [2.45, 2.75) is 19.3 Å². The van der Waals surface area contributed by atoms with Crippen LogP contribution in [-0.2, 0) is 5.41 Å². The Morgan fingerprint density at radius 3 is 2.41 bits per heavy atom. The Hall–Kier alpha value is -3.03. The minimum absolute atomic E-state index is 0.0773. The molecule has 2 heterocycles. The molecule has 4 aromatic carbocycles. The van der Waals surface area contributed by atoms with Crippen LogP contribution in [0, 0.1) is 0 Å². The van der Waals surface area contributed by atoms with Crippen LogP contribution >= 0.6 is 11.6 Å². The van der Waals surface area contributed by atoms with Gasteiger partial charge in [0.15, 0.2) is 0 Å². The Morgan fingerprint density at radius 1 is 0.759 bits per heavy atom. The van der Waals surface area contributed by atoms with Crippen molar-refractivity contribution in [3.63, 3.8) is 0 Å². The van der Waals surface area contributed by atoms with Crippen LogP contribution in [0.4, 0.5) is 0 Å². The lowest BCUT2D eigenvalue weighted by Crippen LogP contribution is -2.15. The summed E-state index contributed by atoms with van der Waals surface area (Å²) in [6, 6.07) is 26.4. The number of rotatable bonds is 0. The first kappa shape index (κ1) is 15.8. The summed E-state index contributed by atoms with van der Waals surface area (Å²) in [7, 11) is 0. The van der Waals surface area contributed by atoms with E-state index < -0.39 is 0 Å². The number of halogens is 1. The van der Waals surface area contributed by atoms with Crippen LogP contribution in [0.5, 0.6) is 0 Å². The van der Waals surface area contributed by atoms with Gasteiger partial charge in [0.2, 0.25) is 0 Å². The molecule has 1 aliphatic carbocycles. The van der Waals surface area contributed by atoms with Crippen molar-refractivity contribution < 1.29 is 0 Å². The maximum Gasteiger partial charge on any atom is 0.0638 e. The SMILES string of the molecule is CC1(C)c2cccc3c2-c2c1cc(Cl)c1c4ccccc4n(c21)-c1ccccc1-3. The quantitative estimate of drug-likeness (QED) is 0.249. The first-order valence-electron chi connectivity index (χ1n) is 10.1. The van der Waals surface area contributed by atoms with Crippen LogP contribution in [0.2, 0.25) is 5.02 Å². The van der Waals surface area contributed by atoms with Gasteiger partial charge in [-0.05, 0) is 40.5 Å². The number of benzene rings is 4. The van der Waals surface area contributed by atoms with Crippen LogP contribution in [0.1, 0.15) is 25.0 Å². The molecule has 5 aromatic rings. The third kappa shape index (κ3) is 1.66. The van der Waals surface area contributed by atoms with E-state index in [4.69, 9.17) is 11.6 Å². The molecule has 0 spiro atoms. The number of hydrogen-bond acceptors (Lipinski definition) is 0. The highest BCUT2D eigenvalue weighted by Gasteiger charge is 2.41. The highest BCUT2D eigenvalue weighted by molar-refractivity contribution is 6.39. The van der Waals surface area contributed by atoms with Crippen LogP contribution in [0.15, 0.2) is 72.8 Å². The topological polar surface area (TPSA) is 4.93 Å². The summed E-state index contributed by atoms with van der Waals surface area (Å²) in [6.07, 6.45) is 0. The summed E-state index contributed by atoms with van der Waals surface area (Å²) in [4.78, 5) is 0. The van der Waals surface area contributed by atoms with Gasteiger partial charge in [-0.15, -0.1) is 0 Å². The number of aromatic nitrogens is 1. The summed E-state index contributed by atoms with van der Waals surface area (Å²) in [5, 5.41) is 3.22. The van der Waals surface area contributed by atoms with Gasteiger partial charge in [-0.2, -0.15) is 0 Å². The van der Waals surface area contributed by atoms with Gasteiger partial charge >= 0.3 is 0 Å².